The average molecular weight is 248 g/mol. The minimum absolute atomic E-state index is 0.359. The molecule has 0 saturated carbocycles. The van der Waals surface area contributed by atoms with E-state index in [0.29, 0.717) is 17.5 Å². The molecule has 3 heteroatoms. The molecule has 17 heavy (non-hydrogen) atoms. The van der Waals surface area contributed by atoms with Gasteiger partial charge in [-0.3, -0.25) is 0 Å². The molecule has 0 aliphatic heterocycles. The zero-order chi connectivity index (χ0) is 14.1. The Morgan fingerprint density at radius 1 is 1.00 bits per heavy atom. The summed E-state index contributed by atoms with van der Waals surface area (Å²) in [5.41, 5.74) is 0.498. The quantitative estimate of drug-likeness (QED) is 0.604. The molecule has 0 atom stereocenters. The highest BCUT2D eigenvalue weighted by Crippen LogP contribution is 2.32. The van der Waals surface area contributed by atoms with Crippen LogP contribution in [0.15, 0.2) is 18.2 Å². The lowest BCUT2D eigenvalue weighted by Gasteiger charge is -2.11. The standard InChI is InChI=1S/C10H11F3.2C2H6/c1-3-8-5-4-7(2)6-9(8)10(11,12)13;2*1-2/h4-6H,3H2,1-2H3;2*1-2H3. The first-order chi connectivity index (χ1) is 7.95. The molecule has 1 aromatic carbocycles. The van der Waals surface area contributed by atoms with Crippen molar-refractivity contribution in [2.24, 2.45) is 0 Å². The fraction of sp³-hybridized carbons (Fsp3) is 0.571. The number of hydrogen-bond acceptors (Lipinski definition) is 0. The smallest absolute Gasteiger partial charge is 0.166 e. The second kappa shape index (κ2) is 9.08. The molecule has 0 aliphatic rings. The Balaban J connectivity index is 0. The van der Waals surface area contributed by atoms with E-state index in [4.69, 9.17) is 0 Å². The largest absolute Gasteiger partial charge is 0.416 e. The van der Waals surface area contributed by atoms with E-state index in [-0.39, 0.29) is 0 Å². The highest BCUT2D eigenvalue weighted by molar-refractivity contribution is 5.33. The van der Waals surface area contributed by atoms with Crippen molar-refractivity contribution < 1.29 is 13.2 Å². The molecule has 0 heterocycles. The first-order valence-electron chi connectivity index (χ1n) is 6.12. The van der Waals surface area contributed by atoms with Gasteiger partial charge in [0.05, 0.1) is 5.56 Å². The minimum atomic E-state index is -4.22. The molecule has 0 radical (unpaired) electrons. The summed E-state index contributed by atoms with van der Waals surface area (Å²) >= 11 is 0. The number of aryl methyl sites for hydroxylation is 2. The fourth-order valence-corrected chi connectivity index (χ4v) is 1.26. The van der Waals surface area contributed by atoms with Crippen LogP contribution in [0.1, 0.15) is 51.3 Å². The molecule has 0 N–H and O–H groups in total. The summed E-state index contributed by atoms with van der Waals surface area (Å²) in [6.45, 7) is 11.4. The maximum Gasteiger partial charge on any atom is 0.416 e. The molecule has 0 aromatic heterocycles. The van der Waals surface area contributed by atoms with Crippen molar-refractivity contribution in [3.8, 4) is 0 Å². The fourth-order valence-electron chi connectivity index (χ4n) is 1.26. The van der Waals surface area contributed by atoms with Gasteiger partial charge in [0.25, 0.3) is 0 Å². The molecule has 0 fully saturated rings. The van der Waals surface area contributed by atoms with E-state index in [0.717, 1.165) is 0 Å². The number of rotatable bonds is 1. The second-order valence-corrected chi connectivity index (χ2v) is 3.01. The van der Waals surface area contributed by atoms with Crippen LogP contribution in [0.5, 0.6) is 0 Å². The summed E-state index contributed by atoms with van der Waals surface area (Å²) in [5, 5.41) is 0. The predicted octanol–water partition coefficient (Wildman–Crippen LogP) is 5.63. The minimum Gasteiger partial charge on any atom is -0.166 e. The second-order valence-electron chi connectivity index (χ2n) is 3.01. The highest BCUT2D eigenvalue weighted by Gasteiger charge is 2.32. The maximum absolute atomic E-state index is 12.4. The third-order valence-electron chi connectivity index (χ3n) is 1.95. The van der Waals surface area contributed by atoms with Crippen molar-refractivity contribution >= 4 is 0 Å². The maximum atomic E-state index is 12.4. The Morgan fingerprint density at radius 2 is 1.47 bits per heavy atom. The Kier molecular flexibility index (Phi) is 9.82. The van der Waals surface area contributed by atoms with E-state index in [1.807, 2.05) is 27.7 Å². The van der Waals surface area contributed by atoms with Crippen LogP contribution in [-0.4, -0.2) is 0 Å². The van der Waals surface area contributed by atoms with Crippen molar-refractivity contribution in [2.45, 2.75) is 54.1 Å². The van der Waals surface area contributed by atoms with Crippen LogP contribution in [0.3, 0.4) is 0 Å². The summed E-state index contributed by atoms with van der Waals surface area (Å²) in [7, 11) is 0. The van der Waals surface area contributed by atoms with Gasteiger partial charge in [0, 0.05) is 0 Å². The Morgan fingerprint density at radius 3 is 1.82 bits per heavy atom. The lowest BCUT2D eigenvalue weighted by molar-refractivity contribution is -0.138. The number of benzene rings is 1. The predicted molar refractivity (Wildman–Crippen MR) is 68.3 cm³/mol. The summed E-state index contributed by atoms with van der Waals surface area (Å²) in [5.74, 6) is 0. The van der Waals surface area contributed by atoms with Gasteiger partial charge in [-0.05, 0) is 25.0 Å². The van der Waals surface area contributed by atoms with Gasteiger partial charge in [0.15, 0.2) is 0 Å². The third kappa shape index (κ3) is 6.35. The van der Waals surface area contributed by atoms with E-state index < -0.39 is 11.7 Å². The van der Waals surface area contributed by atoms with E-state index in [2.05, 4.69) is 0 Å². The summed E-state index contributed by atoms with van der Waals surface area (Å²) < 4.78 is 37.2. The van der Waals surface area contributed by atoms with Gasteiger partial charge in [0.2, 0.25) is 0 Å². The van der Waals surface area contributed by atoms with Crippen molar-refractivity contribution in [2.75, 3.05) is 0 Å². The number of hydrogen-bond donors (Lipinski definition) is 0. The van der Waals surface area contributed by atoms with Gasteiger partial charge >= 0.3 is 6.18 Å². The van der Waals surface area contributed by atoms with Gasteiger partial charge in [-0.25, -0.2) is 0 Å². The van der Waals surface area contributed by atoms with Crippen molar-refractivity contribution in [3.05, 3.63) is 34.9 Å². The summed E-state index contributed by atoms with van der Waals surface area (Å²) in [4.78, 5) is 0. The summed E-state index contributed by atoms with van der Waals surface area (Å²) in [6.07, 6.45) is -3.81. The topological polar surface area (TPSA) is 0 Å². The van der Waals surface area contributed by atoms with Crippen LogP contribution in [0, 0.1) is 6.92 Å². The molecule has 0 amide bonds. The summed E-state index contributed by atoms with van der Waals surface area (Å²) in [6, 6.07) is 4.44. The van der Waals surface area contributed by atoms with Gasteiger partial charge in [0.1, 0.15) is 0 Å². The van der Waals surface area contributed by atoms with Gasteiger partial charge in [-0.15, -0.1) is 0 Å². The highest BCUT2D eigenvalue weighted by atomic mass is 19.4. The molecular weight excluding hydrogens is 225 g/mol. The van der Waals surface area contributed by atoms with Crippen LogP contribution >= 0.6 is 0 Å². The van der Waals surface area contributed by atoms with Crippen molar-refractivity contribution in [1.29, 1.82) is 0 Å². The molecule has 0 aliphatic carbocycles. The molecule has 1 aromatic rings. The Labute approximate surface area is 103 Å². The van der Waals surface area contributed by atoms with E-state index in [9.17, 15) is 13.2 Å². The molecule has 0 unspecified atom stereocenters. The van der Waals surface area contributed by atoms with Crippen LogP contribution in [0.4, 0.5) is 13.2 Å². The zero-order valence-electron chi connectivity index (χ0n) is 11.6. The lowest BCUT2D eigenvalue weighted by atomic mass is 10.0. The van der Waals surface area contributed by atoms with E-state index in [1.165, 1.54) is 12.1 Å². The Bertz CT molecular complexity index is 301. The van der Waals surface area contributed by atoms with Gasteiger partial charge < -0.3 is 0 Å². The van der Waals surface area contributed by atoms with Crippen LogP contribution in [0.2, 0.25) is 0 Å². The van der Waals surface area contributed by atoms with Crippen molar-refractivity contribution in [3.63, 3.8) is 0 Å². The SMILES string of the molecule is CC.CC.CCc1ccc(C)cc1C(F)(F)F. The molecule has 100 valence electrons. The van der Waals surface area contributed by atoms with Gasteiger partial charge in [-0.1, -0.05) is 52.3 Å². The first-order valence-corrected chi connectivity index (χ1v) is 6.12. The van der Waals surface area contributed by atoms with E-state index in [1.54, 1.807) is 19.9 Å². The lowest BCUT2D eigenvalue weighted by Crippen LogP contribution is -2.08. The van der Waals surface area contributed by atoms with Gasteiger partial charge in [-0.2, -0.15) is 13.2 Å². The molecule has 0 saturated heterocycles. The third-order valence-corrected chi connectivity index (χ3v) is 1.95. The molecule has 0 spiro atoms. The zero-order valence-corrected chi connectivity index (χ0v) is 11.6. The van der Waals surface area contributed by atoms with E-state index >= 15 is 0 Å². The molecule has 0 nitrogen and oxygen atoms in total. The van der Waals surface area contributed by atoms with Crippen LogP contribution in [0.25, 0.3) is 0 Å². The monoisotopic (exact) mass is 248 g/mol. The first kappa shape index (κ1) is 18.4. The van der Waals surface area contributed by atoms with Crippen LogP contribution < -0.4 is 0 Å². The number of halogens is 3. The Hall–Kier alpha value is -0.990. The van der Waals surface area contributed by atoms with Crippen molar-refractivity contribution in [1.82, 2.24) is 0 Å². The molecular formula is C14H23F3. The normalized spacial score (nSPS) is 9.71. The van der Waals surface area contributed by atoms with Crippen LogP contribution in [-0.2, 0) is 12.6 Å². The molecule has 1 rings (SSSR count). The molecule has 0 bridgehead atoms. The average Bonchev–Trinajstić information content (AvgIpc) is 2.33. The number of alkyl halides is 3.